The average molecular weight is 394 g/mol. The topological polar surface area (TPSA) is 76.2 Å². The summed E-state index contributed by atoms with van der Waals surface area (Å²) >= 11 is 0. The lowest BCUT2D eigenvalue weighted by Gasteiger charge is -2.34. The van der Waals surface area contributed by atoms with Crippen molar-refractivity contribution in [2.45, 2.75) is 43.5 Å². The average Bonchev–Trinajstić information content (AvgIpc) is 3.18. The first-order valence-corrected chi connectivity index (χ1v) is 11.1. The van der Waals surface area contributed by atoms with Crippen LogP contribution in [0.15, 0.2) is 23.1 Å². The number of likely N-dealkylation sites (tertiary alicyclic amines) is 1. The van der Waals surface area contributed by atoms with Crippen molar-refractivity contribution in [3.8, 4) is 11.5 Å². The molecule has 1 atom stereocenters. The monoisotopic (exact) mass is 394 g/mol. The molecule has 0 radical (unpaired) electrons. The number of hydrogen-bond donors (Lipinski definition) is 0. The fourth-order valence-electron chi connectivity index (χ4n) is 4.03. The molecule has 148 valence electrons. The molecule has 4 rings (SSSR count). The van der Waals surface area contributed by atoms with Gasteiger partial charge < -0.3 is 14.4 Å². The van der Waals surface area contributed by atoms with E-state index in [1.54, 1.807) is 6.07 Å². The number of carbonyl (C=O) groups is 1. The van der Waals surface area contributed by atoms with E-state index in [9.17, 15) is 13.2 Å². The van der Waals surface area contributed by atoms with Gasteiger partial charge in [-0.1, -0.05) is 6.92 Å². The number of sulfonamides is 1. The Labute approximate surface area is 160 Å². The lowest BCUT2D eigenvalue weighted by Crippen LogP contribution is -2.49. The van der Waals surface area contributed by atoms with Crippen LogP contribution in [0.2, 0.25) is 0 Å². The van der Waals surface area contributed by atoms with Crippen LogP contribution < -0.4 is 9.47 Å². The molecule has 1 aromatic carbocycles. The van der Waals surface area contributed by atoms with Crippen molar-refractivity contribution < 1.29 is 22.7 Å². The molecule has 0 N–H and O–H groups in total. The van der Waals surface area contributed by atoms with Crippen molar-refractivity contribution in [2.75, 3.05) is 32.8 Å². The molecule has 1 amide bonds. The zero-order valence-electron chi connectivity index (χ0n) is 15.6. The van der Waals surface area contributed by atoms with Crippen LogP contribution in [0.3, 0.4) is 0 Å². The smallest absolute Gasteiger partial charge is 0.243 e. The summed E-state index contributed by atoms with van der Waals surface area (Å²) < 4.78 is 38.8. The standard InChI is InChI=1S/C19H26N2O5S/c1-14-6-9-20(10-7-14)19(22)16-3-2-8-21(16)27(23,24)15-4-5-17-18(13-15)26-12-11-25-17/h4-5,13-14,16H,2-3,6-12H2,1H3. The Kier molecular flexibility index (Phi) is 5.03. The summed E-state index contributed by atoms with van der Waals surface area (Å²) in [6.45, 7) is 4.85. The summed E-state index contributed by atoms with van der Waals surface area (Å²) in [6, 6.07) is 4.06. The lowest BCUT2D eigenvalue weighted by atomic mass is 9.98. The van der Waals surface area contributed by atoms with E-state index in [2.05, 4.69) is 6.92 Å². The second-order valence-corrected chi connectivity index (χ2v) is 9.48. The van der Waals surface area contributed by atoms with Gasteiger partial charge in [0.25, 0.3) is 0 Å². The number of amides is 1. The number of carbonyl (C=O) groups excluding carboxylic acids is 1. The zero-order chi connectivity index (χ0) is 19.0. The molecular formula is C19H26N2O5S. The van der Waals surface area contributed by atoms with E-state index in [1.807, 2.05) is 4.90 Å². The van der Waals surface area contributed by atoms with Crippen molar-refractivity contribution in [3.63, 3.8) is 0 Å². The maximum absolute atomic E-state index is 13.2. The molecule has 2 fully saturated rings. The van der Waals surface area contributed by atoms with Gasteiger partial charge in [0.15, 0.2) is 11.5 Å². The van der Waals surface area contributed by atoms with Crippen molar-refractivity contribution >= 4 is 15.9 Å². The Morgan fingerprint density at radius 1 is 1.04 bits per heavy atom. The van der Waals surface area contributed by atoms with Crippen LogP contribution in [0.5, 0.6) is 11.5 Å². The predicted octanol–water partition coefficient (Wildman–Crippen LogP) is 1.87. The first-order valence-electron chi connectivity index (χ1n) is 9.67. The Hall–Kier alpha value is -1.80. The van der Waals surface area contributed by atoms with Crippen LogP contribution in [-0.2, 0) is 14.8 Å². The molecule has 7 nitrogen and oxygen atoms in total. The van der Waals surface area contributed by atoms with Gasteiger partial charge in [-0.3, -0.25) is 4.79 Å². The minimum absolute atomic E-state index is 0.0551. The second-order valence-electron chi connectivity index (χ2n) is 7.59. The van der Waals surface area contributed by atoms with Gasteiger partial charge in [-0.25, -0.2) is 8.42 Å². The van der Waals surface area contributed by atoms with Gasteiger partial charge in [-0.15, -0.1) is 0 Å². The molecule has 0 saturated carbocycles. The number of hydrogen-bond acceptors (Lipinski definition) is 5. The Morgan fingerprint density at radius 2 is 1.74 bits per heavy atom. The number of nitrogens with zero attached hydrogens (tertiary/aromatic N) is 2. The van der Waals surface area contributed by atoms with E-state index in [1.165, 1.54) is 16.4 Å². The number of ether oxygens (including phenoxy) is 2. The zero-order valence-corrected chi connectivity index (χ0v) is 16.4. The van der Waals surface area contributed by atoms with Gasteiger partial charge in [0.1, 0.15) is 19.3 Å². The number of fused-ring (bicyclic) bond motifs is 1. The minimum Gasteiger partial charge on any atom is -0.486 e. The van der Waals surface area contributed by atoms with Crippen LogP contribution in [-0.4, -0.2) is 62.4 Å². The van der Waals surface area contributed by atoms with Crippen LogP contribution in [0, 0.1) is 5.92 Å². The molecule has 3 aliphatic heterocycles. The summed E-state index contributed by atoms with van der Waals surface area (Å²) in [4.78, 5) is 15.0. The molecule has 0 bridgehead atoms. The molecule has 0 aromatic heterocycles. The highest BCUT2D eigenvalue weighted by molar-refractivity contribution is 7.89. The fourth-order valence-corrected chi connectivity index (χ4v) is 5.70. The van der Waals surface area contributed by atoms with E-state index in [0.717, 1.165) is 12.8 Å². The predicted molar refractivity (Wildman–Crippen MR) is 99.3 cm³/mol. The van der Waals surface area contributed by atoms with Gasteiger partial charge >= 0.3 is 0 Å². The van der Waals surface area contributed by atoms with Gasteiger partial charge in [0, 0.05) is 25.7 Å². The molecule has 0 aliphatic carbocycles. The second kappa shape index (κ2) is 7.31. The van der Waals surface area contributed by atoms with E-state index >= 15 is 0 Å². The highest BCUT2D eigenvalue weighted by Gasteiger charge is 2.41. The summed E-state index contributed by atoms with van der Waals surface area (Å²) in [7, 11) is -3.77. The fraction of sp³-hybridized carbons (Fsp3) is 0.632. The first-order chi connectivity index (χ1) is 13.0. The highest BCUT2D eigenvalue weighted by Crippen LogP contribution is 2.35. The van der Waals surface area contributed by atoms with Crippen LogP contribution in [0.25, 0.3) is 0 Å². The Bertz CT molecular complexity index is 817. The van der Waals surface area contributed by atoms with Gasteiger partial charge in [0.05, 0.1) is 4.90 Å². The van der Waals surface area contributed by atoms with Crippen LogP contribution in [0.1, 0.15) is 32.6 Å². The Balaban J connectivity index is 1.56. The minimum atomic E-state index is -3.77. The normalized spacial score (nSPS) is 24.2. The molecule has 8 heteroatoms. The van der Waals surface area contributed by atoms with E-state index in [-0.39, 0.29) is 10.8 Å². The maximum Gasteiger partial charge on any atom is 0.243 e. The first kappa shape index (κ1) is 18.6. The van der Waals surface area contributed by atoms with Crippen LogP contribution in [0.4, 0.5) is 0 Å². The van der Waals surface area contributed by atoms with Gasteiger partial charge in [-0.05, 0) is 43.7 Å². The number of benzene rings is 1. The number of piperidine rings is 1. The maximum atomic E-state index is 13.2. The van der Waals surface area contributed by atoms with Crippen molar-refractivity contribution in [2.24, 2.45) is 5.92 Å². The van der Waals surface area contributed by atoms with Crippen molar-refractivity contribution in [1.82, 2.24) is 9.21 Å². The Morgan fingerprint density at radius 3 is 2.48 bits per heavy atom. The molecule has 3 aliphatic rings. The quantitative estimate of drug-likeness (QED) is 0.782. The third-order valence-electron chi connectivity index (χ3n) is 5.70. The lowest BCUT2D eigenvalue weighted by molar-refractivity contribution is -0.135. The largest absolute Gasteiger partial charge is 0.486 e. The van der Waals surface area contributed by atoms with E-state index in [0.29, 0.717) is 63.1 Å². The third kappa shape index (κ3) is 3.52. The summed E-state index contributed by atoms with van der Waals surface area (Å²) in [5.41, 5.74) is 0. The molecule has 27 heavy (non-hydrogen) atoms. The summed E-state index contributed by atoms with van der Waals surface area (Å²) in [6.07, 6.45) is 3.24. The van der Waals surface area contributed by atoms with Crippen molar-refractivity contribution in [1.29, 1.82) is 0 Å². The molecular weight excluding hydrogens is 368 g/mol. The highest BCUT2D eigenvalue weighted by atomic mass is 32.2. The molecule has 3 heterocycles. The molecule has 0 spiro atoms. The van der Waals surface area contributed by atoms with Gasteiger partial charge in [0.2, 0.25) is 15.9 Å². The SMILES string of the molecule is CC1CCN(C(=O)C2CCCN2S(=O)(=O)c2ccc3c(c2)OCCO3)CC1. The third-order valence-corrected chi connectivity index (χ3v) is 7.61. The number of rotatable bonds is 3. The van der Waals surface area contributed by atoms with Crippen molar-refractivity contribution in [3.05, 3.63) is 18.2 Å². The molecule has 1 aromatic rings. The summed E-state index contributed by atoms with van der Waals surface area (Å²) in [5.74, 6) is 1.56. The van der Waals surface area contributed by atoms with E-state index < -0.39 is 16.1 Å². The molecule has 1 unspecified atom stereocenters. The molecule has 2 saturated heterocycles. The van der Waals surface area contributed by atoms with Gasteiger partial charge in [-0.2, -0.15) is 4.31 Å². The van der Waals surface area contributed by atoms with E-state index in [4.69, 9.17) is 9.47 Å². The van der Waals surface area contributed by atoms with Crippen LogP contribution >= 0.6 is 0 Å². The summed E-state index contributed by atoms with van der Waals surface area (Å²) in [5, 5.41) is 0.